The van der Waals surface area contributed by atoms with Crippen LogP contribution in [0.2, 0.25) is 0 Å². The summed E-state index contributed by atoms with van der Waals surface area (Å²) in [6.45, 7) is 4.19. The molecule has 0 aromatic rings. The minimum absolute atomic E-state index is 0.145. The van der Waals surface area contributed by atoms with Crippen LogP contribution in [0.25, 0.3) is 0 Å². The molecule has 0 bridgehead atoms. The molecule has 5 nitrogen and oxygen atoms in total. The number of carbonyl (C=O) groups is 2. The predicted octanol–water partition coefficient (Wildman–Crippen LogP) is 1.65. The molecule has 0 aromatic carbocycles. The van der Waals surface area contributed by atoms with Crippen LogP contribution in [-0.2, 0) is 4.79 Å². The van der Waals surface area contributed by atoms with Crippen molar-refractivity contribution in [3.8, 4) is 0 Å². The molecule has 1 saturated heterocycles. The highest BCUT2D eigenvalue weighted by Gasteiger charge is 2.42. The Bertz CT molecular complexity index is 362. The number of imide groups is 1. The second-order valence-corrected chi connectivity index (χ2v) is 6.34. The molecular weight excluding hydrogens is 244 g/mol. The van der Waals surface area contributed by atoms with E-state index in [0.29, 0.717) is 25.2 Å². The highest BCUT2D eigenvalue weighted by atomic mass is 16.3. The number of hydrogen-bond donors (Lipinski definition) is 2. The summed E-state index contributed by atoms with van der Waals surface area (Å²) in [5.41, 5.74) is -0.877. The van der Waals surface area contributed by atoms with E-state index in [1.54, 1.807) is 0 Å². The first-order valence-corrected chi connectivity index (χ1v) is 7.25. The maximum atomic E-state index is 12.2. The quantitative estimate of drug-likeness (QED) is 0.762. The van der Waals surface area contributed by atoms with Gasteiger partial charge in [0.2, 0.25) is 0 Å². The Morgan fingerprint density at radius 2 is 1.95 bits per heavy atom. The van der Waals surface area contributed by atoms with Gasteiger partial charge in [0.1, 0.15) is 6.04 Å². The van der Waals surface area contributed by atoms with Crippen LogP contribution in [0.3, 0.4) is 0 Å². The third kappa shape index (κ3) is 3.26. The maximum absolute atomic E-state index is 12.2. The van der Waals surface area contributed by atoms with Crippen LogP contribution >= 0.6 is 0 Å². The van der Waals surface area contributed by atoms with Crippen LogP contribution in [0.1, 0.15) is 52.4 Å². The average Bonchev–Trinajstić information content (AvgIpc) is 2.57. The van der Waals surface area contributed by atoms with Gasteiger partial charge in [-0.3, -0.25) is 9.69 Å². The number of urea groups is 1. The first kappa shape index (κ1) is 14.3. The summed E-state index contributed by atoms with van der Waals surface area (Å²) >= 11 is 0. The average molecular weight is 268 g/mol. The number of nitrogens with zero attached hydrogens (tertiary/aromatic N) is 1. The summed E-state index contributed by atoms with van der Waals surface area (Å²) in [6.07, 6.45) is 5.07. The van der Waals surface area contributed by atoms with Crippen molar-refractivity contribution in [2.24, 2.45) is 5.92 Å². The van der Waals surface area contributed by atoms with Crippen molar-refractivity contribution in [2.45, 2.75) is 64.0 Å². The molecule has 19 heavy (non-hydrogen) atoms. The van der Waals surface area contributed by atoms with Gasteiger partial charge >= 0.3 is 6.03 Å². The van der Waals surface area contributed by atoms with Crippen LogP contribution in [0, 0.1) is 5.92 Å². The largest absolute Gasteiger partial charge is 0.388 e. The molecule has 2 fully saturated rings. The predicted molar refractivity (Wildman–Crippen MR) is 71.5 cm³/mol. The third-order valence-corrected chi connectivity index (χ3v) is 4.05. The number of rotatable bonds is 4. The lowest BCUT2D eigenvalue weighted by atomic mass is 9.84. The van der Waals surface area contributed by atoms with Gasteiger partial charge in [-0.2, -0.15) is 0 Å². The summed E-state index contributed by atoms with van der Waals surface area (Å²) in [6, 6.07) is -0.769. The molecule has 1 saturated carbocycles. The van der Waals surface area contributed by atoms with E-state index < -0.39 is 11.6 Å². The number of hydrogen-bond acceptors (Lipinski definition) is 3. The van der Waals surface area contributed by atoms with Crippen molar-refractivity contribution in [2.75, 3.05) is 6.54 Å². The van der Waals surface area contributed by atoms with E-state index in [1.165, 1.54) is 4.90 Å². The number of nitrogens with one attached hydrogen (secondary N) is 1. The van der Waals surface area contributed by atoms with E-state index in [0.717, 1.165) is 19.3 Å². The van der Waals surface area contributed by atoms with Crippen molar-refractivity contribution in [1.82, 2.24) is 10.2 Å². The second-order valence-electron chi connectivity index (χ2n) is 6.34. The highest BCUT2D eigenvalue weighted by molar-refractivity contribution is 6.04. The first-order valence-electron chi connectivity index (χ1n) is 7.25. The van der Waals surface area contributed by atoms with Gasteiger partial charge in [0, 0.05) is 0 Å². The molecule has 108 valence electrons. The Morgan fingerprint density at radius 3 is 2.53 bits per heavy atom. The van der Waals surface area contributed by atoms with Gasteiger partial charge in [0.15, 0.2) is 0 Å². The van der Waals surface area contributed by atoms with Crippen LogP contribution in [0.5, 0.6) is 0 Å². The molecule has 0 aromatic heterocycles. The molecule has 1 atom stereocenters. The Hall–Kier alpha value is -1.10. The van der Waals surface area contributed by atoms with Gasteiger partial charge in [0.25, 0.3) is 5.91 Å². The summed E-state index contributed by atoms with van der Waals surface area (Å²) in [7, 11) is 0. The number of carbonyl (C=O) groups excluding carboxylic acids is 2. The van der Waals surface area contributed by atoms with Crippen LogP contribution in [0.4, 0.5) is 4.79 Å². The Kier molecular flexibility index (Phi) is 4.13. The Labute approximate surface area is 114 Å². The van der Waals surface area contributed by atoms with E-state index >= 15 is 0 Å². The van der Waals surface area contributed by atoms with Crippen molar-refractivity contribution >= 4 is 11.9 Å². The minimum Gasteiger partial charge on any atom is -0.388 e. The molecule has 0 radical (unpaired) electrons. The monoisotopic (exact) mass is 268 g/mol. The molecule has 1 aliphatic carbocycles. The summed E-state index contributed by atoms with van der Waals surface area (Å²) in [4.78, 5) is 25.3. The molecule has 2 rings (SSSR count). The van der Waals surface area contributed by atoms with Crippen LogP contribution in [-0.4, -0.2) is 40.1 Å². The summed E-state index contributed by atoms with van der Waals surface area (Å²) < 4.78 is 0. The SMILES string of the molecule is CC(C)C[C@H]1NC(=O)N(CC2(O)CCCCC2)C1=O. The highest BCUT2D eigenvalue weighted by Crippen LogP contribution is 2.30. The zero-order valence-electron chi connectivity index (χ0n) is 11.8. The van der Waals surface area contributed by atoms with Gasteiger partial charge in [-0.15, -0.1) is 0 Å². The first-order chi connectivity index (χ1) is 8.91. The smallest absolute Gasteiger partial charge is 0.324 e. The molecule has 1 heterocycles. The van der Waals surface area contributed by atoms with E-state index in [9.17, 15) is 14.7 Å². The second kappa shape index (κ2) is 5.49. The van der Waals surface area contributed by atoms with Crippen molar-refractivity contribution in [3.63, 3.8) is 0 Å². The van der Waals surface area contributed by atoms with Crippen molar-refractivity contribution in [3.05, 3.63) is 0 Å². The van der Waals surface area contributed by atoms with Gasteiger partial charge < -0.3 is 10.4 Å². The topological polar surface area (TPSA) is 69.6 Å². The molecule has 2 N–H and O–H groups in total. The zero-order valence-corrected chi connectivity index (χ0v) is 11.8. The third-order valence-electron chi connectivity index (χ3n) is 4.05. The Balaban J connectivity index is 2.00. The molecule has 3 amide bonds. The molecule has 5 heteroatoms. The van der Waals surface area contributed by atoms with Gasteiger partial charge in [-0.1, -0.05) is 33.1 Å². The van der Waals surface area contributed by atoms with Crippen LogP contribution in [0.15, 0.2) is 0 Å². The standard InChI is InChI=1S/C14H24N2O3/c1-10(2)8-11-12(17)16(13(18)15-11)9-14(19)6-4-3-5-7-14/h10-11,19H,3-9H2,1-2H3,(H,15,18)/t11-/m1/s1. The molecular formula is C14H24N2O3. The lowest BCUT2D eigenvalue weighted by Crippen LogP contribution is -2.47. The molecule has 0 unspecified atom stereocenters. The van der Waals surface area contributed by atoms with Crippen molar-refractivity contribution < 1.29 is 14.7 Å². The maximum Gasteiger partial charge on any atom is 0.324 e. The van der Waals surface area contributed by atoms with E-state index in [-0.39, 0.29) is 18.5 Å². The van der Waals surface area contributed by atoms with Crippen LogP contribution < -0.4 is 5.32 Å². The fourth-order valence-corrected chi connectivity index (χ4v) is 3.02. The normalized spacial score (nSPS) is 26.9. The number of aliphatic hydroxyl groups is 1. The summed E-state index contributed by atoms with van der Waals surface area (Å²) in [5, 5.41) is 13.2. The van der Waals surface area contributed by atoms with Gasteiger partial charge in [0.05, 0.1) is 12.1 Å². The van der Waals surface area contributed by atoms with Gasteiger partial charge in [-0.25, -0.2) is 4.79 Å². The Morgan fingerprint density at radius 1 is 1.32 bits per heavy atom. The van der Waals surface area contributed by atoms with E-state index in [4.69, 9.17) is 0 Å². The zero-order chi connectivity index (χ0) is 14.0. The number of β-amino-alcohol motifs (C(OH)–C–C–N with tert-alkyl or cyclic N) is 1. The van der Waals surface area contributed by atoms with Crippen molar-refractivity contribution in [1.29, 1.82) is 0 Å². The van der Waals surface area contributed by atoms with E-state index in [1.807, 2.05) is 13.8 Å². The molecule has 2 aliphatic rings. The lowest BCUT2D eigenvalue weighted by molar-refractivity contribution is -0.131. The summed E-state index contributed by atoms with van der Waals surface area (Å²) in [5.74, 6) is 0.171. The fraction of sp³-hybridized carbons (Fsp3) is 0.857. The van der Waals surface area contributed by atoms with E-state index in [2.05, 4.69) is 5.32 Å². The fourth-order valence-electron chi connectivity index (χ4n) is 3.02. The molecule has 0 spiro atoms. The minimum atomic E-state index is -0.877. The van der Waals surface area contributed by atoms with Gasteiger partial charge in [-0.05, 0) is 25.2 Å². The number of amides is 3. The molecule has 1 aliphatic heterocycles. The lowest BCUT2D eigenvalue weighted by Gasteiger charge is -2.34.